The van der Waals surface area contributed by atoms with Crippen molar-refractivity contribution in [3.63, 3.8) is 0 Å². The molecule has 19 heavy (non-hydrogen) atoms. The van der Waals surface area contributed by atoms with Gasteiger partial charge in [-0.1, -0.05) is 11.8 Å². The number of nitrogens with two attached hydrogens (primary N) is 1. The van der Waals surface area contributed by atoms with E-state index in [0.29, 0.717) is 5.56 Å². The van der Waals surface area contributed by atoms with E-state index < -0.39 is 5.82 Å². The van der Waals surface area contributed by atoms with Crippen LogP contribution in [0.5, 0.6) is 0 Å². The number of carbonyl (C=O) groups is 1. The lowest BCUT2D eigenvalue weighted by atomic mass is 10.1. The summed E-state index contributed by atoms with van der Waals surface area (Å²) < 4.78 is 13.8. The van der Waals surface area contributed by atoms with Crippen LogP contribution in [0.2, 0.25) is 0 Å². The van der Waals surface area contributed by atoms with Gasteiger partial charge >= 0.3 is 0 Å². The van der Waals surface area contributed by atoms with Crippen LogP contribution in [-0.4, -0.2) is 30.0 Å². The first-order valence-corrected chi connectivity index (χ1v) is 7.23. The number of rotatable bonds is 2. The summed E-state index contributed by atoms with van der Waals surface area (Å²) in [5.41, 5.74) is 5.84. The first-order chi connectivity index (χ1) is 9.20. The molecule has 3 N–H and O–H groups in total. The van der Waals surface area contributed by atoms with Gasteiger partial charge in [0, 0.05) is 17.4 Å². The zero-order valence-electron chi connectivity index (χ0n) is 10.4. The quantitative estimate of drug-likeness (QED) is 0.803. The van der Waals surface area contributed by atoms with Crippen molar-refractivity contribution in [2.24, 2.45) is 5.73 Å². The number of amides is 1. The van der Waals surface area contributed by atoms with E-state index in [4.69, 9.17) is 5.73 Å². The van der Waals surface area contributed by atoms with Crippen molar-refractivity contribution in [3.8, 4) is 11.8 Å². The van der Waals surface area contributed by atoms with Crippen molar-refractivity contribution < 1.29 is 9.18 Å². The summed E-state index contributed by atoms with van der Waals surface area (Å²) in [6.45, 7) is 0.225. The van der Waals surface area contributed by atoms with Gasteiger partial charge in [0.05, 0.1) is 12.1 Å². The standard InChI is InChI=1S/C14H15FN2OS/c15-13-8-10(2-1-6-16)3-4-12(13)14(18)17-11-5-7-19-9-11/h3-4,8,11H,5-7,9,16H2,(H,17,18). The van der Waals surface area contributed by atoms with E-state index in [9.17, 15) is 9.18 Å². The molecular formula is C14H15FN2OS. The Labute approximate surface area is 116 Å². The van der Waals surface area contributed by atoms with E-state index in [1.165, 1.54) is 12.1 Å². The Kier molecular flexibility index (Phi) is 4.83. The average molecular weight is 278 g/mol. The minimum Gasteiger partial charge on any atom is -0.348 e. The van der Waals surface area contributed by atoms with Gasteiger partial charge in [-0.2, -0.15) is 11.8 Å². The van der Waals surface area contributed by atoms with Gasteiger partial charge in [0.2, 0.25) is 0 Å². The lowest BCUT2D eigenvalue weighted by molar-refractivity contribution is 0.0937. The maximum absolute atomic E-state index is 13.8. The van der Waals surface area contributed by atoms with Crippen LogP contribution in [0, 0.1) is 17.7 Å². The normalized spacial score (nSPS) is 17.7. The summed E-state index contributed by atoms with van der Waals surface area (Å²) >= 11 is 1.80. The predicted octanol–water partition coefficient (Wildman–Crippen LogP) is 1.37. The van der Waals surface area contributed by atoms with E-state index in [0.717, 1.165) is 17.9 Å². The zero-order valence-corrected chi connectivity index (χ0v) is 11.2. The maximum atomic E-state index is 13.8. The van der Waals surface area contributed by atoms with Gasteiger partial charge in [-0.15, -0.1) is 0 Å². The second-order valence-electron chi connectivity index (χ2n) is 4.23. The van der Waals surface area contributed by atoms with Gasteiger partial charge in [0.15, 0.2) is 0 Å². The number of benzene rings is 1. The molecule has 5 heteroatoms. The maximum Gasteiger partial charge on any atom is 0.254 e. The zero-order chi connectivity index (χ0) is 13.7. The second-order valence-corrected chi connectivity index (χ2v) is 5.38. The van der Waals surface area contributed by atoms with Crippen molar-refractivity contribution in [1.29, 1.82) is 0 Å². The topological polar surface area (TPSA) is 55.1 Å². The van der Waals surface area contributed by atoms with Gasteiger partial charge in [-0.25, -0.2) is 4.39 Å². The molecule has 0 saturated carbocycles. The van der Waals surface area contributed by atoms with E-state index in [1.54, 1.807) is 17.8 Å². The molecule has 100 valence electrons. The van der Waals surface area contributed by atoms with Crippen LogP contribution in [0.1, 0.15) is 22.3 Å². The molecule has 1 aromatic rings. The Morgan fingerprint density at radius 1 is 1.58 bits per heavy atom. The van der Waals surface area contributed by atoms with E-state index >= 15 is 0 Å². The van der Waals surface area contributed by atoms with Crippen molar-refractivity contribution >= 4 is 17.7 Å². The Morgan fingerprint density at radius 3 is 3.05 bits per heavy atom. The van der Waals surface area contributed by atoms with Gasteiger partial charge < -0.3 is 11.1 Å². The lowest BCUT2D eigenvalue weighted by Gasteiger charge is -2.11. The van der Waals surface area contributed by atoms with Gasteiger partial charge in [-0.05, 0) is 30.4 Å². The predicted molar refractivity (Wildman–Crippen MR) is 75.5 cm³/mol. The van der Waals surface area contributed by atoms with Crippen molar-refractivity contribution in [2.75, 3.05) is 18.1 Å². The Bertz CT molecular complexity index is 530. The number of hydrogen-bond acceptors (Lipinski definition) is 3. The molecule has 0 spiro atoms. The van der Waals surface area contributed by atoms with Gasteiger partial charge in [0.25, 0.3) is 5.91 Å². The summed E-state index contributed by atoms with van der Waals surface area (Å²) in [6.07, 6.45) is 0.943. The molecule has 2 rings (SSSR count). The van der Waals surface area contributed by atoms with Crippen LogP contribution in [0.4, 0.5) is 4.39 Å². The number of carbonyl (C=O) groups excluding carboxylic acids is 1. The number of thioether (sulfide) groups is 1. The third-order valence-electron chi connectivity index (χ3n) is 2.81. The van der Waals surface area contributed by atoms with Crippen LogP contribution < -0.4 is 11.1 Å². The fraction of sp³-hybridized carbons (Fsp3) is 0.357. The molecule has 1 saturated heterocycles. The average Bonchev–Trinajstić information content (AvgIpc) is 2.89. The highest BCUT2D eigenvalue weighted by Gasteiger charge is 2.20. The molecule has 1 aromatic carbocycles. The molecule has 1 atom stereocenters. The summed E-state index contributed by atoms with van der Waals surface area (Å²) in [5.74, 6) is 6.41. The molecule has 1 fully saturated rings. The first-order valence-electron chi connectivity index (χ1n) is 6.08. The molecule has 0 aromatic heterocycles. The van der Waals surface area contributed by atoms with Crippen molar-refractivity contribution in [2.45, 2.75) is 12.5 Å². The van der Waals surface area contributed by atoms with Gasteiger partial charge in [-0.3, -0.25) is 4.79 Å². The van der Waals surface area contributed by atoms with Crippen LogP contribution in [-0.2, 0) is 0 Å². The molecule has 3 nitrogen and oxygen atoms in total. The molecule has 0 bridgehead atoms. The molecule has 1 aliphatic rings. The Hall–Kier alpha value is -1.51. The fourth-order valence-electron chi connectivity index (χ4n) is 1.84. The van der Waals surface area contributed by atoms with E-state index in [2.05, 4.69) is 17.2 Å². The van der Waals surface area contributed by atoms with Crippen LogP contribution in [0.3, 0.4) is 0 Å². The molecule has 0 radical (unpaired) electrons. The highest BCUT2D eigenvalue weighted by Crippen LogP contribution is 2.18. The third-order valence-corrected chi connectivity index (χ3v) is 3.98. The molecule has 1 unspecified atom stereocenters. The molecule has 1 aliphatic heterocycles. The fourth-order valence-corrected chi connectivity index (χ4v) is 2.99. The van der Waals surface area contributed by atoms with Crippen LogP contribution in [0.15, 0.2) is 18.2 Å². The third kappa shape index (κ3) is 3.72. The highest BCUT2D eigenvalue weighted by molar-refractivity contribution is 7.99. The molecule has 0 aliphatic carbocycles. The number of hydrogen-bond donors (Lipinski definition) is 2. The number of halogens is 1. The molecular weight excluding hydrogens is 263 g/mol. The summed E-state index contributed by atoms with van der Waals surface area (Å²) in [5, 5.41) is 2.84. The monoisotopic (exact) mass is 278 g/mol. The lowest BCUT2D eigenvalue weighted by Crippen LogP contribution is -2.35. The second kappa shape index (κ2) is 6.60. The largest absolute Gasteiger partial charge is 0.348 e. The summed E-state index contributed by atoms with van der Waals surface area (Å²) in [7, 11) is 0. The van der Waals surface area contributed by atoms with Crippen LogP contribution >= 0.6 is 11.8 Å². The Balaban J connectivity index is 2.09. The summed E-state index contributed by atoms with van der Waals surface area (Å²) in [6, 6.07) is 4.51. The first kappa shape index (κ1) is 13.9. The molecule has 1 heterocycles. The highest BCUT2D eigenvalue weighted by atomic mass is 32.2. The Morgan fingerprint density at radius 2 is 2.42 bits per heavy atom. The minimum atomic E-state index is -0.549. The SMILES string of the molecule is NCC#Cc1ccc(C(=O)NC2CCSC2)c(F)c1. The van der Waals surface area contributed by atoms with E-state index in [-0.39, 0.29) is 24.1 Å². The van der Waals surface area contributed by atoms with Crippen molar-refractivity contribution in [1.82, 2.24) is 5.32 Å². The molecule has 1 amide bonds. The number of nitrogens with one attached hydrogen (secondary N) is 1. The van der Waals surface area contributed by atoms with E-state index in [1.807, 2.05) is 0 Å². The summed E-state index contributed by atoms with van der Waals surface area (Å²) in [4.78, 5) is 11.9. The smallest absolute Gasteiger partial charge is 0.254 e. The van der Waals surface area contributed by atoms with Crippen molar-refractivity contribution in [3.05, 3.63) is 35.1 Å². The minimum absolute atomic E-state index is 0.0650. The van der Waals surface area contributed by atoms with Gasteiger partial charge in [0.1, 0.15) is 5.82 Å². The van der Waals surface area contributed by atoms with Crippen LogP contribution in [0.25, 0.3) is 0 Å².